The molecule has 2 amide bonds. The first-order valence-electron chi connectivity index (χ1n) is 6.36. The van der Waals surface area contributed by atoms with Crippen LogP contribution in [0.15, 0.2) is 22.8 Å². The molecule has 0 aromatic carbocycles. The van der Waals surface area contributed by atoms with Crippen LogP contribution in [0.2, 0.25) is 0 Å². The van der Waals surface area contributed by atoms with Gasteiger partial charge in [-0.3, -0.25) is 9.59 Å². The van der Waals surface area contributed by atoms with Gasteiger partial charge in [-0.05, 0) is 25.5 Å². The molecule has 7 heteroatoms. The zero-order valence-corrected chi connectivity index (χ0v) is 11.4. The van der Waals surface area contributed by atoms with E-state index in [0.717, 1.165) is 0 Å². The van der Waals surface area contributed by atoms with Crippen molar-refractivity contribution in [1.82, 2.24) is 10.6 Å². The van der Waals surface area contributed by atoms with Gasteiger partial charge in [0, 0.05) is 19.5 Å². The highest BCUT2D eigenvalue weighted by atomic mass is 16.3. The maximum atomic E-state index is 11.5. The molecule has 4 N–H and O–H groups in total. The Bertz CT molecular complexity index is 428. The molecule has 0 aliphatic rings. The molecule has 1 aromatic heterocycles. The van der Waals surface area contributed by atoms with Crippen molar-refractivity contribution in [2.75, 3.05) is 19.7 Å². The molecule has 0 spiro atoms. The number of carbonyl (C=O) groups is 2. The third kappa shape index (κ3) is 5.85. The summed E-state index contributed by atoms with van der Waals surface area (Å²) in [6.07, 6.45) is 2.11. The molecule has 1 unspecified atom stereocenters. The van der Waals surface area contributed by atoms with Crippen molar-refractivity contribution in [1.29, 1.82) is 0 Å². The molecule has 1 aromatic rings. The standard InChI is InChI=1S/C13H20N2O5/c1-13(19,9-16)8-15-11(17)5-2-6-14-12(18)10-4-3-7-20-10/h3-4,7,16,19H,2,5-6,8-9H2,1H3,(H,14,18)(H,15,17). The van der Waals surface area contributed by atoms with Crippen molar-refractivity contribution < 1.29 is 24.2 Å². The van der Waals surface area contributed by atoms with E-state index in [1.165, 1.54) is 13.2 Å². The van der Waals surface area contributed by atoms with Gasteiger partial charge in [0.2, 0.25) is 5.91 Å². The lowest BCUT2D eigenvalue weighted by Gasteiger charge is -2.20. The van der Waals surface area contributed by atoms with Gasteiger partial charge in [0.05, 0.1) is 12.9 Å². The maximum Gasteiger partial charge on any atom is 0.286 e. The van der Waals surface area contributed by atoms with Crippen LogP contribution in [-0.4, -0.2) is 47.3 Å². The lowest BCUT2D eigenvalue weighted by Crippen LogP contribution is -2.43. The minimum atomic E-state index is -1.32. The molecule has 1 heterocycles. The molecule has 0 radical (unpaired) electrons. The minimum Gasteiger partial charge on any atom is -0.459 e. The predicted octanol–water partition coefficient (Wildman–Crippen LogP) is -0.351. The highest BCUT2D eigenvalue weighted by Crippen LogP contribution is 2.00. The molecule has 0 saturated carbocycles. The summed E-state index contributed by atoms with van der Waals surface area (Å²) >= 11 is 0. The number of rotatable bonds is 8. The monoisotopic (exact) mass is 284 g/mol. The van der Waals surface area contributed by atoms with Gasteiger partial charge in [-0.25, -0.2) is 0 Å². The highest BCUT2D eigenvalue weighted by Gasteiger charge is 2.19. The fourth-order valence-corrected chi connectivity index (χ4v) is 1.38. The van der Waals surface area contributed by atoms with E-state index in [-0.39, 0.29) is 30.5 Å². The normalized spacial score (nSPS) is 13.6. The second-order valence-electron chi connectivity index (χ2n) is 4.77. The van der Waals surface area contributed by atoms with Crippen molar-refractivity contribution in [2.45, 2.75) is 25.4 Å². The van der Waals surface area contributed by atoms with Gasteiger partial charge < -0.3 is 25.3 Å². The highest BCUT2D eigenvalue weighted by molar-refractivity contribution is 5.91. The van der Waals surface area contributed by atoms with Gasteiger partial charge in [-0.15, -0.1) is 0 Å². The Morgan fingerprint density at radius 2 is 2.15 bits per heavy atom. The van der Waals surface area contributed by atoms with Crippen LogP contribution in [0.4, 0.5) is 0 Å². The fraction of sp³-hybridized carbons (Fsp3) is 0.538. The zero-order valence-electron chi connectivity index (χ0n) is 11.4. The summed E-state index contributed by atoms with van der Waals surface area (Å²) in [7, 11) is 0. The van der Waals surface area contributed by atoms with E-state index < -0.39 is 12.2 Å². The Kier molecular flexibility index (Phi) is 6.20. The van der Waals surface area contributed by atoms with Gasteiger partial charge in [0.1, 0.15) is 5.60 Å². The molecule has 1 rings (SSSR count). The Balaban J connectivity index is 2.12. The molecule has 20 heavy (non-hydrogen) atoms. The number of aliphatic hydroxyl groups excluding tert-OH is 1. The number of amides is 2. The molecule has 1 atom stereocenters. The number of nitrogens with one attached hydrogen (secondary N) is 2. The molecular weight excluding hydrogens is 264 g/mol. The zero-order chi connectivity index (χ0) is 15.0. The fourth-order valence-electron chi connectivity index (χ4n) is 1.38. The van der Waals surface area contributed by atoms with E-state index in [1.807, 2.05) is 0 Å². The van der Waals surface area contributed by atoms with Gasteiger partial charge >= 0.3 is 0 Å². The van der Waals surface area contributed by atoms with Crippen molar-refractivity contribution in [3.63, 3.8) is 0 Å². The van der Waals surface area contributed by atoms with Gasteiger partial charge in [-0.1, -0.05) is 0 Å². The molecule has 0 fully saturated rings. The van der Waals surface area contributed by atoms with Crippen LogP contribution in [0.25, 0.3) is 0 Å². The summed E-state index contributed by atoms with van der Waals surface area (Å²) in [6.45, 7) is 1.34. The first-order valence-corrected chi connectivity index (χ1v) is 6.36. The van der Waals surface area contributed by atoms with Crippen molar-refractivity contribution in [2.24, 2.45) is 0 Å². The lowest BCUT2D eigenvalue weighted by atomic mass is 10.1. The van der Waals surface area contributed by atoms with E-state index in [9.17, 15) is 14.7 Å². The largest absolute Gasteiger partial charge is 0.459 e. The molecule has 0 aliphatic heterocycles. The second-order valence-corrected chi connectivity index (χ2v) is 4.77. The Labute approximate surface area is 117 Å². The van der Waals surface area contributed by atoms with E-state index >= 15 is 0 Å². The Hall–Kier alpha value is -1.86. The third-order valence-corrected chi connectivity index (χ3v) is 2.62. The Morgan fingerprint density at radius 3 is 2.75 bits per heavy atom. The van der Waals surface area contributed by atoms with Crippen molar-refractivity contribution in [3.05, 3.63) is 24.2 Å². The van der Waals surface area contributed by atoms with E-state index in [2.05, 4.69) is 10.6 Å². The van der Waals surface area contributed by atoms with Crippen LogP contribution in [0, 0.1) is 0 Å². The van der Waals surface area contributed by atoms with Gasteiger partial charge in [0.15, 0.2) is 5.76 Å². The minimum absolute atomic E-state index is 0.0128. The number of hydrogen-bond acceptors (Lipinski definition) is 5. The van der Waals surface area contributed by atoms with E-state index in [0.29, 0.717) is 13.0 Å². The smallest absolute Gasteiger partial charge is 0.286 e. The van der Waals surface area contributed by atoms with Gasteiger partial charge in [0.25, 0.3) is 5.91 Å². The summed E-state index contributed by atoms with van der Waals surface area (Å²) in [6, 6.07) is 3.18. The first kappa shape index (κ1) is 16.2. The number of carbonyl (C=O) groups excluding carboxylic acids is 2. The topological polar surface area (TPSA) is 112 Å². The summed E-state index contributed by atoms with van der Waals surface area (Å²) < 4.78 is 4.92. The summed E-state index contributed by atoms with van der Waals surface area (Å²) in [4.78, 5) is 22.9. The molecule has 7 nitrogen and oxygen atoms in total. The number of furan rings is 1. The van der Waals surface area contributed by atoms with Crippen LogP contribution >= 0.6 is 0 Å². The average molecular weight is 284 g/mol. The molecule has 112 valence electrons. The quantitative estimate of drug-likeness (QED) is 0.487. The lowest BCUT2D eigenvalue weighted by molar-refractivity contribution is -0.122. The van der Waals surface area contributed by atoms with Crippen LogP contribution in [0.1, 0.15) is 30.3 Å². The molecule has 0 bridgehead atoms. The summed E-state index contributed by atoms with van der Waals surface area (Å²) in [5.74, 6) is -0.335. The van der Waals surface area contributed by atoms with Crippen LogP contribution < -0.4 is 10.6 Å². The van der Waals surface area contributed by atoms with E-state index in [1.54, 1.807) is 12.1 Å². The van der Waals surface area contributed by atoms with Crippen molar-refractivity contribution >= 4 is 11.8 Å². The average Bonchev–Trinajstić information content (AvgIpc) is 2.95. The molecule has 0 aliphatic carbocycles. The van der Waals surface area contributed by atoms with Crippen molar-refractivity contribution in [3.8, 4) is 0 Å². The molecule has 0 saturated heterocycles. The predicted molar refractivity (Wildman–Crippen MR) is 71.0 cm³/mol. The maximum absolute atomic E-state index is 11.5. The first-order chi connectivity index (χ1) is 9.44. The SMILES string of the molecule is CC(O)(CO)CNC(=O)CCCNC(=O)c1ccco1. The Morgan fingerprint density at radius 1 is 1.40 bits per heavy atom. The van der Waals surface area contributed by atoms with Crippen LogP contribution in [0.3, 0.4) is 0 Å². The summed E-state index contributed by atoms with van der Waals surface area (Å²) in [5, 5.41) is 23.4. The van der Waals surface area contributed by atoms with Gasteiger partial charge in [-0.2, -0.15) is 0 Å². The van der Waals surface area contributed by atoms with Crippen LogP contribution in [0.5, 0.6) is 0 Å². The molecular formula is C13H20N2O5. The number of aliphatic hydroxyl groups is 2. The third-order valence-electron chi connectivity index (χ3n) is 2.62. The second kappa shape index (κ2) is 7.66. The number of hydrogen-bond donors (Lipinski definition) is 4. The van der Waals surface area contributed by atoms with Crippen LogP contribution in [-0.2, 0) is 4.79 Å². The summed E-state index contributed by atoms with van der Waals surface area (Å²) in [5.41, 5.74) is -1.32. The van der Waals surface area contributed by atoms with E-state index in [4.69, 9.17) is 9.52 Å².